The summed E-state index contributed by atoms with van der Waals surface area (Å²) in [5, 5.41) is 8.32. The van der Waals surface area contributed by atoms with Gasteiger partial charge in [-0.2, -0.15) is 0 Å². The maximum absolute atomic E-state index is 12.4. The van der Waals surface area contributed by atoms with Gasteiger partial charge in [-0.3, -0.25) is 14.4 Å². The lowest BCUT2D eigenvalue weighted by Crippen LogP contribution is -2.42. The second-order valence-corrected chi connectivity index (χ2v) is 9.00. The molecule has 1 saturated carbocycles. The number of hydrogen-bond acceptors (Lipinski definition) is 6. The Morgan fingerprint density at radius 2 is 1.86 bits per heavy atom. The summed E-state index contributed by atoms with van der Waals surface area (Å²) in [6.45, 7) is 3.05. The Bertz CT molecular complexity index is 871. The summed E-state index contributed by atoms with van der Waals surface area (Å²) in [4.78, 5) is 39.5. The topological polar surface area (TPSA) is 78.5 Å². The van der Waals surface area contributed by atoms with Crippen molar-refractivity contribution in [2.45, 2.75) is 45.1 Å². The molecule has 2 heterocycles. The van der Waals surface area contributed by atoms with Crippen molar-refractivity contribution in [2.24, 2.45) is 11.8 Å². The van der Waals surface area contributed by atoms with Gasteiger partial charge in [-0.1, -0.05) is 6.07 Å². The minimum absolute atomic E-state index is 0.0856. The molecule has 1 aromatic heterocycles. The van der Waals surface area contributed by atoms with E-state index in [1.54, 1.807) is 11.3 Å². The van der Waals surface area contributed by atoms with Crippen LogP contribution in [0.2, 0.25) is 0 Å². The van der Waals surface area contributed by atoms with E-state index < -0.39 is 0 Å². The zero-order valence-corrected chi connectivity index (χ0v) is 16.9. The number of thiophene rings is 1. The van der Waals surface area contributed by atoms with Crippen molar-refractivity contribution >= 4 is 28.6 Å². The van der Waals surface area contributed by atoms with Gasteiger partial charge in [0.1, 0.15) is 11.4 Å². The molecule has 6 nitrogen and oxygen atoms in total. The first kappa shape index (κ1) is 19.2. The smallest absolute Gasteiger partial charge is 0.253 e. The summed E-state index contributed by atoms with van der Waals surface area (Å²) in [7, 11) is 0. The molecule has 28 heavy (non-hydrogen) atoms. The highest BCUT2D eigenvalue weighted by Crippen LogP contribution is 2.30. The Labute approximate surface area is 168 Å². The molecule has 2 N–H and O–H groups in total. The number of rotatable bonds is 7. The Morgan fingerprint density at radius 3 is 2.54 bits per heavy atom. The first-order valence-corrected chi connectivity index (χ1v) is 11.1. The van der Waals surface area contributed by atoms with Crippen molar-refractivity contribution < 1.29 is 4.79 Å². The highest BCUT2D eigenvalue weighted by atomic mass is 32.1. The molecule has 4 rings (SSSR count). The van der Waals surface area contributed by atoms with Crippen LogP contribution in [0.1, 0.15) is 43.4 Å². The summed E-state index contributed by atoms with van der Waals surface area (Å²) in [5.74, 6) is 0.679. The largest absolute Gasteiger partial charge is 0.380 e. The lowest BCUT2D eigenvalue weighted by Gasteiger charge is -2.29. The van der Waals surface area contributed by atoms with Crippen molar-refractivity contribution in [2.75, 3.05) is 29.9 Å². The fourth-order valence-electron chi connectivity index (χ4n) is 4.39. The molecule has 0 atom stereocenters. The van der Waals surface area contributed by atoms with E-state index in [0.29, 0.717) is 30.4 Å². The van der Waals surface area contributed by atoms with E-state index >= 15 is 0 Å². The molecule has 7 heteroatoms. The fraction of sp³-hybridized carbons (Fsp3) is 0.571. The first-order valence-electron chi connectivity index (χ1n) is 10.3. The first-order chi connectivity index (χ1) is 13.6. The molecular formula is C21H27N3O3S. The van der Waals surface area contributed by atoms with Crippen LogP contribution in [0.5, 0.6) is 0 Å². The fourth-order valence-corrected chi connectivity index (χ4v) is 5.04. The van der Waals surface area contributed by atoms with Crippen LogP contribution in [-0.4, -0.2) is 25.5 Å². The summed E-state index contributed by atoms with van der Waals surface area (Å²) < 4.78 is 0. The predicted octanol–water partition coefficient (Wildman–Crippen LogP) is 2.48. The minimum Gasteiger partial charge on any atom is -0.380 e. The molecular weight excluding hydrogens is 374 g/mol. The van der Waals surface area contributed by atoms with E-state index in [9.17, 15) is 14.4 Å². The molecule has 1 saturated heterocycles. The van der Waals surface area contributed by atoms with Gasteiger partial charge in [0, 0.05) is 30.4 Å². The van der Waals surface area contributed by atoms with Crippen molar-refractivity contribution in [3.63, 3.8) is 0 Å². The molecule has 2 fully saturated rings. The van der Waals surface area contributed by atoms with Crippen molar-refractivity contribution in [1.82, 2.24) is 5.32 Å². The SMILES string of the molecule is O=C(NCc1cccs1)C1CCC(CNc2c(N3CCCC3)c(=O)c2=O)CC1. The second-order valence-electron chi connectivity index (χ2n) is 7.97. The maximum Gasteiger partial charge on any atom is 0.253 e. The van der Waals surface area contributed by atoms with E-state index in [2.05, 4.69) is 10.6 Å². The van der Waals surface area contributed by atoms with Gasteiger partial charge in [-0.25, -0.2) is 0 Å². The third kappa shape index (κ3) is 3.99. The summed E-state index contributed by atoms with van der Waals surface area (Å²) >= 11 is 1.66. The molecule has 2 aromatic rings. The number of hydrogen-bond donors (Lipinski definition) is 2. The quantitative estimate of drug-likeness (QED) is 0.697. The minimum atomic E-state index is -0.372. The Hall–Kier alpha value is -2.15. The maximum atomic E-state index is 12.4. The van der Waals surface area contributed by atoms with Gasteiger partial charge in [0.2, 0.25) is 5.91 Å². The zero-order chi connectivity index (χ0) is 19.5. The van der Waals surface area contributed by atoms with Gasteiger partial charge in [0.05, 0.1) is 6.54 Å². The van der Waals surface area contributed by atoms with E-state index in [1.165, 1.54) is 4.88 Å². The molecule has 2 aliphatic rings. The second kappa shape index (κ2) is 8.47. The van der Waals surface area contributed by atoms with Crippen molar-refractivity contribution in [3.8, 4) is 0 Å². The molecule has 1 aromatic carbocycles. The van der Waals surface area contributed by atoms with Crippen LogP contribution in [0.15, 0.2) is 27.1 Å². The monoisotopic (exact) mass is 401 g/mol. The number of amides is 1. The average Bonchev–Trinajstić information content (AvgIpc) is 3.43. The Balaban J connectivity index is 1.23. The van der Waals surface area contributed by atoms with Crippen LogP contribution < -0.4 is 26.4 Å². The number of carbonyl (C=O) groups is 1. The van der Waals surface area contributed by atoms with Gasteiger partial charge >= 0.3 is 0 Å². The third-order valence-electron chi connectivity index (χ3n) is 6.11. The molecule has 1 aliphatic heterocycles. The molecule has 0 radical (unpaired) electrons. The number of nitrogens with zero attached hydrogens (tertiary/aromatic N) is 1. The van der Waals surface area contributed by atoms with Gasteiger partial charge < -0.3 is 15.5 Å². The normalized spacial score (nSPS) is 22.5. The summed E-state index contributed by atoms with van der Waals surface area (Å²) in [6, 6.07) is 4.03. The van der Waals surface area contributed by atoms with Crippen LogP contribution in [0.3, 0.4) is 0 Å². The standard InChI is InChI=1S/C21H27N3O3S/c25-19-17(18(20(19)26)24-9-1-2-10-24)22-12-14-5-7-15(8-6-14)21(27)23-13-16-4-3-11-28-16/h3-4,11,14-15,22H,1-2,5-10,12-13H2,(H,23,27). The van der Waals surface area contributed by atoms with Gasteiger partial charge in [0.15, 0.2) is 0 Å². The van der Waals surface area contributed by atoms with Crippen LogP contribution >= 0.6 is 11.3 Å². The van der Waals surface area contributed by atoms with E-state index in [4.69, 9.17) is 0 Å². The van der Waals surface area contributed by atoms with Gasteiger partial charge in [-0.15, -0.1) is 11.3 Å². The Morgan fingerprint density at radius 1 is 1.11 bits per heavy atom. The zero-order valence-electron chi connectivity index (χ0n) is 16.0. The lowest BCUT2D eigenvalue weighted by atomic mass is 9.81. The molecule has 0 bridgehead atoms. The molecule has 150 valence electrons. The third-order valence-corrected chi connectivity index (χ3v) is 6.99. The highest BCUT2D eigenvalue weighted by molar-refractivity contribution is 7.09. The average molecular weight is 402 g/mol. The van der Waals surface area contributed by atoms with E-state index in [0.717, 1.165) is 51.6 Å². The van der Waals surface area contributed by atoms with Crippen molar-refractivity contribution in [3.05, 3.63) is 42.8 Å². The van der Waals surface area contributed by atoms with Crippen molar-refractivity contribution in [1.29, 1.82) is 0 Å². The molecule has 1 aliphatic carbocycles. The van der Waals surface area contributed by atoms with E-state index in [-0.39, 0.29) is 22.7 Å². The molecule has 0 unspecified atom stereocenters. The van der Waals surface area contributed by atoms with E-state index in [1.807, 2.05) is 22.4 Å². The summed E-state index contributed by atoms with van der Waals surface area (Å²) in [6.07, 6.45) is 5.87. The highest BCUT2D eigenvalue weighted by Gasteiger charge is 2.30. The van der Waals surface area contributed by atoms with Crippen LogP contribution in [0.25, 0.3) is 0 Å². The molecule has 1 amide bonds. The molecule has 0 spiro atoms. The number of carbonyl (C=O) groups excluding carboxylic acids is 1. The lowest BCUT2D eigenvalue weighted by molar-refractivity contribution is -0.126. The van der Waals surface area contributed by atoms with Gasteiger partial charge in [-0.05, 0) is 55.9 Å². The number of nitrogens with one attached hydrogen (secondary N) is 2. The van der Waals surface area contributed by atoms with Crippen LogP contribution in [-0.2, 0) is 11.3 Å². The van der Waals surface area contributed by atoms with Crippen LogP contribution in [0.4, 0.5) is 11.4 Å². The predicted molar refractivity (Wildman–Crippen MR) is 113 cm³/mol. The van der Waals surface area contributed by atoms with Crippen LogP contribution in [0, 0.1) is 11.8 Å². The number of anilines is 2. The van der Waals surface area contributed by atoms with Gasteiger partial charge in [0.25, 0.3) is 10.9 Å². The summed E-state index contributed by atoms with van der Waals surface area (Å²) in [5.41, 5.74) is 0.408. The Kier molecular flexibility index (Phi) is 5.80.